The molecule has 0 radical (unpaired) electrons. The number of carbonyl (C=O) groups excluding carboxylic acids is 1. The van der Waals surface area contributed by atoms with Gasteiger partial charge in [-0.25, -0.2) is 9.37 Å². The quantitative estimate of drug-likeness (QED) is 0.261. The number of alkyl halides is 1. The van der Waals surface area contributed by atoms with E-state index in [0.29, 0.717) is 40.7 Å². The van der Waals surface area contributed by atoms with Gasteiger partial charge in [0.25, 0.3) is 5.91 Å². The second-order valence-electron chi connectivity index (χ2n) is 9.51. The lowest BCUT2D eigenvalue weighted by atomic mass is 10.1. The van der Waals surface area contributed by atoms with Crippen LogP contribution in [0.2, 0.25) is 0 Å². The lowest BCUT2D eigenvalue weighted by Crippen LogP contribution is -2.15. The summed E-state index contributed by atoms with van der Waals surface area (Å²) in [6, 6.07) is 16.7. The van der Waals surface area contributed by atoms with Crippen LogP contribution in [0.5, 0.6) is 0 Å². The Morgan fingerprint density at radius 2 is 1.95 bits per heavy atom. The van der Waals surface area contributed by atoms with E-state index in [4.69, 9.17) is 4.52 Å². The molecular formula is C28H25FN6O3. The molecule has 2 aromatic carbocycles. The molecule has 1 saturated carbocycles. The van der Waals surface area contributed by atoms with Gasteiger partial charge in [0.2, 0.25) is 11.7 Å². The largest absolute Gasteiger partial charge is 0.389 e. The van der Waals surface area contributed by atoms with Crippen LogP contribution in [0.1, 0.15) is 52.9 Å². The monoisotopic (exact) mass is 512 g/mol. The van der Waals surface area contributed by atoms with E-state index < -0.39 is 12.3 Å². The van der Waals surface area contributed by atoms with E-state index in [0.717, 1.165) is 22.5 Å². The van der Waals surface area contributed by atoms with E-state index >= 15 is 0 Å². The molecule has 10 heteroatoms. The van der Waals surface area contributed by atoms with Gasteiger partial charge in [0.15, 0.2) is 0 Å². The van der Waals surface area contributed by atoms with Crippen LogP contribution in [0.25, 0.3) is 17.0 Å². The third-order valence-corrected chi connectivity index (χ3v) is 6.64. The predicted octanol–water partition coefficient (Wildman–Crippen LogP) is 5.57. The molecule has 0 spiro atoms. The maximum Gasteiger partial charge on any atom is 0.274 e. The fourth-order valence-corrected chi connectivity index (χ4v) is 4.24. The summed E-state index contributed by atoms with van der Waals surface area (Å²) in [6.45, 7) is 3.61. The van der Waals surface area contributed by atoms with E-state index in [1.807, 2.05) is 55.5 Å². The van der Waals surface area contributed by atoms with Gasteiger partial charge >= 0.3 is 0 Å². The van der Waals surface area contributed by atoms with Crippen molar-refractivity contribution < 1.29 is 18.8 Å². The zero-order valence-electron chi connectivity index (χ0n) is 20.7. The van der Waals surface area contributed by atoms with Crippen LogP contribution in [0.4, 0.5) is 21.5 Å². The third-order valence-electron chi connectivity index (χ3n) is 6.64. The second-order valence-corrected chi connectivity index (χ2v) is 9.51. The molecule has 1 aliphatic carbocycles. The van der Waals surface area contributed by atoms with Crippen molar-refractivity contribution in [2.24, 2.45) is 0 Å². The van der Waals surface area contributed by atoms with Gasteiger partial charge in [0.1, 0.15) is 17.5 Å². The smallest absolute Gasteiger partial charge is 0.274 e. The molecule has 38 heavy (non-hydrogen) atoms. The number of carbonyl (C=O) groups is 1. The van der Waals surface area contributed by atoms with Crippen molar-refractivity contribution in [2.75, 3.05) is 10.6 Å². The van der Waals surface area contributed by atoms with E-state index in [9.17, 15) is 14.3 Å². The van der Waals surface area contributed by atoms with Crippen molar-refractivity contribution in [3.63, 3.8) is 0 Å². The number of rotatable bonds is 7. The fourth-order valence-electron chi connectivity index (χ4n) is 4.24. The number of aliphatic hydroxyl groups is 1. The van der Waals surface area contributed by atoms with E-state index in [1.54, 1.807) is 23.6 Å². The molecule has 192 valence electrons. The SMILES string of the molecule is Cc1ccc(-c2noc([C@H]3C[C@@H]3F)n2)cc1NC(=O)c1cnc2cc(Nc3ccc(C(C)O)cc3)ccn12. The molecule has 3 atom stereocenters. The molecule has 1 amide bonds. The van der Waals surface area contributed by atoms with E-state index in [-0.39, 0.29) is 11.8 Å². The number of anilines is 3. The number of fused-ring (bicyclic) bond motifs is 1. The van der Waals surface area contributed by atoms with Crippen molar-refractivity contribution >= 4 is 28.6 Å². The van der Waals surface area contributed by atoms with Crippen molar-refractivity contribution in [3.05, 3.63) is 89.7 Å². The van der Waals surface area contributed by atoms with Gasteiger partial charge in [-0.3, -0.25) is 9.20 Å². The first-order valence-electron chi connectivity index (χ1n) is 12.3. The van der Waals surface area contributed by atoms with Gasteiger partial charge in [-0.2, -0.15) is 4.98 Å². The van der Waals surface area contributed by atoms with Gasteiger partial charge in [-0.15, -0.1) is 0 Å². The number of aliphatic hydroxyl groups excluding tert-OH is 1. The highest BCUT2D eigenvalue weighted by atomic mass is 19.1. The summed E-state index contributed by atoms with van der Waals surface area (Å²) in [4.78, 5) is 21.9. The minimum atomic E-state index is -0.921. The van der Waals surface area contributed by atoms with Crippen molar-refractivity contribution in [1.29, 1.82) is 0 Å². The number of nitrogens with zero attached hydrogens (tertiary/aromatic N) is 4. The Morgan fingerprint density at radius 1 is 1.16 bits per heavy atom. The normalized spacial score (nSPS) is 17.4. The predicted molar refractivity (Wildman–Crippen MR) is 140 cm³/mol. The molecule has 1 aliphatic rings. The molecular weight excluding hydrogens is 487 g/mol. The summed E-state index contributed by atoms with van der Waals surface area (Å²) in [6.07, 6.45) is 2.27. The molecule has 5 aromatic rings. The Hall–Kier alpha value is -4.57. The van der Waals surface area contributed by atoms with Crippen LogP contribution in [-0.2, 0) is 0 Å². The summed E-state index contributed by atoms with van der Waals surface area (Å²) >= 11 is 0. The molecule has 6 rings (SSSR count). The summed E-state index contributed by atoms with van der Waals surface area (Å²) < 4.78 is 20.3. The van der Waals surface area contributed by atoms with Crippen molar-refractivity contribution in [1.82, 2.24) is 19.5 Å². The number of aromatic nitrogens is 4. The number of aryl methyl sites for hydroxylation is 1. The Labute approximate surface area is 217 Å². The standard InChI is InChI=1S/C28H25FN6O3/c1-15-3-4-18(26-33-28(38-34-26)21-13-22(21)29)11-23(15)32-27(37)24-14-30-25-12-20(9-10-35(24)25)31-19-7-5-17(6-8-19)16(2)36/h3-12,14,16,21-22,31,36H,13H2,1-2H3,(H,32,37)/t16?,21-,22-/m0/s1. The Balaban J connectivity index is 1.19. The Morgan fingerprint density at radius 3 is 2.68 bits per heavy atom. The average molecular weight is 513 g/mol. The first-order valence-corrected chi connectivity index (χ1v) is 12.3. The minimum Gasteiger partial charge on any atom is -0.389 e. The average Bonchev–Trinajstić information content (AvgIpc) is 3.28. The lowest BCUT2D eigenvalue weighted by Gasteiger charge is -2.11. The number of imidazole rings is 1. The number of nitrogens with one attached hydrogen (secondary N) is 2. The van der Waals surface area contributed by atoms with Gasteiger partial charge in [0.05, 0.1) is 18.2 Å². The van der Waals surface area contributed by atoms with Crippen LogP contribution in [-0.4, -0.2) is 36.7 Å². The molecule has 0 aliphatic heterocycles. The summed E-state index contributed by atoms with van der Waals surface area (Å²) in [7, 11) is 0. The van der Waals surface area contributed by atoms with Gasteiger partial charge in [-0.1, -0.05) is 29.4 Å². The summed E-state index contributed by atoms with van der Waals surface area (Å²) in [5.74, 6) is 0.0153. The molecule has 0 bridgehead atoms. The zero-order valence-corrected chi connectivity index (χ0v) is 20.7. The Bertz CT molecular complexity index is 1640. The van der Waals surface area contributed by atoms with Gasteiger partial charge in [-0.05, 0) is 55.7 Å². The maximum absolute atomic E-state index is 13.3. The summed E-state index contributed by atoms with van der Waals surface area (Å²) in [5, 5.41) is 19.9. The first-order chi connectivity index (χ1) is 18.4. The van der Waals surface area contributed by atoms with Gasteiger partial charge < -0.3 is 20.3 Å². The third kappa shape index (κ3) is 4.61. The molecule has 0 saturated heterocycles. The van der Waals surface area contributed by atoms with Crippen LogP contribution >= 0.6 is 0 Å². The Kier molecular flexibility index (Phi) is 5.88. The number of amides is 1. The number of benzene rings is 2. The molecule has 1 unspecified atom stereocenters. The van der Waals surface area contributed by atoms with E-state index in [2.05, 4.69) is 25.8 Å². The highest BCUT2D eigenvalue weighted by Gasteiger charge is 2.43. The molecule has 3 heterocycles. The molecule has 3 N–H and O–H groups in total. The topological polar surface area (TPSA) is 118 Å². The number of pyridine rings is 1. The van der Waals surface area contributed by atoms with Crippen LogP contribution < -0.4 is 10.6 Å². The molecule has 3 aromatic heterocycles. The van der Waals surface area contributed by atoms with Crippen LogP contribution in [0.15, 0.2) is 71.5 Å². The zero-order chi connectivity index (χ0) is 26.4. The number of hydrogen-bond acceptors (Lipinski definition) is 7. The highest BCUT2D eigenvalue weighted by molar-refractivity contribution is 6.04. The van der Waals surface area contributed by atoms with E-state index in [1.165, 1.54) is 6.20 Å². The summed E-state index contributed by atoms with van der Waals surface area (Å²) in [5.41, 5.74) is 5.63. The van der Waals surface area contributed by atoms with Crippen LogP contribution in [0, 0.1) is 6.92 Å². The van der Waals surface area contributed by atoms with Crippen molar-refractivity contribution in [2.45, 2.75) is 38.5 Å². The van der Waals surface area contributed by atoms with Crippen LogP contribution in [0.3, 0.4) is 0 Å². The van der Waals surface area contributed by atoms with Crippen molar-refractivity contribution in [3.8, 4) is 11.4 Å². The number of halogens is 1. The minimum absolute atomic E-state index is 0.301. The second kappa shape index (κ2) is 9.38. The molecule has 9 nitrogen and oxygen atoms in total. The lowest BCUT2D eigenvalue weighted by molar-refractivity contribution is 0.102. The molecule has 1 fully saturated rings. The van der Waals surface area contributed by atoms with Gasteiger partial charge in [0, 0.05) is 34.9 Å². The highest BCUT2D eigenvalue weighted by Crippen LogP contribution is 2.43. The fraction of sp³-hybridized carbons (Fsp3) is 0.214. The first kappa shape index (κ1) is 23.8. The maximum atomic E-state index is 13.3. The number of hydrogen-bond donors (Lipinski definition) is 3.